The van der Waals surface area contributed by atoms with Crippen LogP contribution in [0, 0.1) is 11.8 Å². The maximum absolute atomic E-state index is 5.96. The van der Waals surface area contributed by atoms with Crippen molar-refractivity contribution in [3.8, 4) is 5.88 Å². The fourth-order valence-electron chi connectivity index (χ4n) is 2.76. The first-order chi connectivity index (χ1) is 8.54. The number of thiocarbonyl (C=S) groups is 1. The van der Waals surface area contributed by atoms with Crippen LogP contribution in [0.2, 0.25) is 0 Å². The van der Waals surface area contributed by atoms with Crippen molar-refractivity contribution in [1.82, 2.24) is 4.98 Å². The smallest absolute Gasteiger partial charge is 0.214 e. The average Bonchev–Trinajstić information content (AvgIpc) is 2.27. The summed E-state index contributed by atoms with van der Waals surface area (Å²) in [6.45, 7) is 4.57. The Morgan fingerprint density at radius 2 is 1.94 bits per heavy atom. The van der Waals surface area contributed by atoms with Crippen LogP contribution in [-0.2, 0) is 0 Å². The standard InChI is InChI=1S/C14H20N2OS/c1-9-6-10(2)8-11(7-9)17-13-5-3-4-12(16-13)14(15)18/h3-5,9-11H,6-8H2,1-2H3,(H2,15,18). The van der Waals surface area contributed by atoms with Gasteiger partial charge in [-0.05, 0) is 37.2 Å². The molecule has 1 aromatic heterocycles. The molecule has 2 atom stereocenters. The maximum Gasteiger partial charge on any atom is 0.214 e. The van der Waals surface area contributed by atoms with Crippen LogP contribution in [0.5, 0.6) is 5.88 Å². The van der Waals surface area contributed by atoms with Gasteiger partial charge >= 0.3 is 0 Å². The lowest BCUT2D eigenvalue weighted by Gasteiger charge is -2.31. The summed E-state index contributed by atoms with van der Waals surface area (Å²) in [4.78, 5) is 4.64. The van der Waals surface area contributed by atoms with Crippen molar-refractivity contribution in [2.24, 2.45) is 17.6 Å². The van der Waals surface area contributed by atoms with Gasteiger partial charge in [-0.25, -0.2) is 4.98 Å². The van der Waals surface area contributed by atoms with Gasteiger partial charge in [0.05, 0.1) is 0 Å². The van der Waals surface area contributed by atoms with E-state index in [0.717, 1.165) is 24.7 Å². The topological polar surface area (TPSA) is 48.1 Å². The van der Waals surface area contributed by atoms with Crippen molar-refractivity contribution >= 4 is 17.2 Å². The summed E-state index contributed by atoms with van der Waals surface area (Å²) < 4.78 is 5.96. The molecule has 2 N–H and O–H groups in total. The normalized spacial score (nSPS) is 27.8. The van der Waals surface area contributed by atoms with Gasteiger partial charge in [-0.3, -0.25) is 0 Å². The number of nitrogens with two attached hydrogens (primary N) is 1. The molecule has 0 spiro atoms. The minimum absolute atomic E-state index is 0.262. The van der Waals surface area contributed by atoms with E-state index in [1.807, 2.05) is 12.1 Å². The number of nitrogens with zero attached hydrogens (tertiary/aromatic N) is 1. The SMILES string of the molecule is CC1CC(C)CC(Oc2cccc(C(N)=S)n2)C1. The Bertz CT molecular complexity index is 426. The third-order valence-corrected chi connectivity index (χ3v) is 3.61. The lowest BCUT2D eigenvalue weighted by atomic mass is 9.82. The highest BCUT2D eigenvalue weighted by molar-refractivity contribution is 7.80. The van der Waals surface area contributed by atoms with Gasteiger partial charge in [-0.2, -0.15) is 0 Å². The van der Waals surface area contributed by atoms with Crippen molar-refractivity contribution < 1.29 is 4.74 Å². The van der Waals surface area contributed by atoms with Gasteiger partial charge in [0.2, 0.25) is 5.88 Å². The van der Waals surface area contributed by atoms with Crippen molar-refractivity contribution in [3.63, 3.8) is 0 Å². The summed E-state index contributed by atoms with van der Waals surface area (Å²) in [6, 6.07) is 5.56. The van der Waals surface area contributed by atoms with Gasteiger partial charge in [-0.1, -0.05) is 32.1 Å². The first-order valence-electron chi connectivity index (χ1n) is 6.48. The van der Waals surface area contributed by atoms with E-state index >= 15 is 0 Å². The van der Waals surface area contributed by atoms with Crippen molar-refractivity contribution in [2.75, 3.05) is 0 Å². The zero-order valence-corrected chi connectivity index (χ0v) is 11.7. The quantitative estimate of drug-likeness (QED) is 0.853. The van der Waals surface area contributed by atoms with Crippen molar-refractivity contribution in [3.05, 3.63) is 23.9 Å². The molecule has 3 nitrogen and oxygen atoms in total. The summed E-state index contributed by atoms with van der Waals surface area (Å²) in [5.74, 6) is 2.07. The van der Waals surface area contributed by atoms with Gasteiger partial charge in [0.25, 0.3) is 0 Å². The Morgan fingerprint density at radius 3 is 2.56 bits per heavy atom. The molecule has 0 aromatic carbocycles. The van der Waals surface area contributed by atoms with Gasteiger partial charge in [-0.15, -0.1) is 0 Å². The lowest BCUT2D eigenvalue weighted by molar-refractivity contribution is 0.0967. The molecule has 18 heavy (non-hydrogen) atoms. The lowest BCUT2D eigenvalue weighted by Crippen LogP contribution is -2.29. The van der Waals surface area contributed by atoms with E-state index in [-0.39, 0.29) is 6.10 Å². The van der Waals surface area contributed by atoms with Crippen LogP contribution in [0.1, 0.15) is 38.8 Å². The molecule has 2 unspecified atom stereocenters. The molecule has 2 rings (SSSR count). The zero-order chi connectivity index (χ0) is 13.1. The fourth-order valence-corrected chi connectivity index (χ4v) is 2.87. The summed E-state index contributed by atoms with van der Waals surface area (Å²) in [6.07, 6.45) is 3.75. The minimum atomic E-state index is 0.262. The van der Waals surface area contributed by atoms with E-state index in [2.05, 4.69) is 18.8 Å². The van der Waals surface area contributed by atoms with Gasteiger partial charge in [0, 0.05) is 6.07 Å². The molecule has 4 heteroatoms. The molecule has 0 amide bonds. The molecule has 1 fully saturated rings. The highest BCUT2D eigenvalue weighted by atomic mass is 32.1. The molecular formula is C14H20N2OS. The van der Waals surface area contributed by atoms with E-state index in [0.29, 0.717) is 16.6 Å². The Kier molecular flexibility index (Phi) is 4.17. The summed E-state index contributed by atoms with van der Waals surface area (Å²) in [5.41, 5.74) is 6.20. The van der Waals surface area contributed by atoms with E-state index < -0.39 is 0 Å². The molecular weight excluding hydrogens is 244 g/mol. The van der Waals surface area contributed by atoms with Crippen LogP contribution in [0.25, 0.3) is 0 Å². The Hall–Kier alpha value is -1.16. The fraction of sp³-hybridized carbons (Fsp3) is 0.571. The second-order valence-electron chi connectivity index (χ2n) is 5.38. The van der Waals surface area contributed by atoms with Gasteiger partial charge in [0.1, 0.15) is 16.8 Å². The predicted molar refractivity (Wildman–Crippen MR) is 76.7 cm³/mol. The monoisotopic (exact) mass is 264 g/mol. The van der Waals surface area contributed by atoms with Crippen LogP contribution in [0.15, 0.2) is 18.2 Å². The molecule has 1 aromatic rings. The number of ether oxygens (including phenoxy) is 1. The summed E-state index contributed by atoms with van der Waals surface area (Å²) in [7, 11) is 0. The van der Waals surface area contributed by atoms with E-state index in [1.54, 1.807) is 6.07 Å². The van der Waals surface area contributed by atoms with Crippen LogP contribution in [0.3, 0.4) is 0 Å². The number of rotatable bonds is 3. The highest BCUT2D eigenvalue weighted by Gasteiger charge is 2.25. The van der Waals surface area contributed by atoms with Crippen LogP contribution in [-0.4, -0.2) is 16.1 Å². The molecule has 1 saturated carbocycles. The molecule has 0 bridgehead atoms. The number of hydrogen-bond donors (Lipinski definition) is 1. The largest absolute Gasteiger partial charge is 0.474 e. The van der Waals surface area contributed by atoms with Crippen LogP contribution < -0.4 is 10.5 Å². The van der Waals surface area contributed by atoms with E-state index in [4.69, 9.17) is 22.7 Å². The summed E-state index contributed by atoms with van der Waals surface area (Å²) >= 11 is 4.92. The molecule has 98 valence electrons. The Balaban J connectivity index is 2.04. The van der Waals surface area contributed by atoms with Gasteiger partial charge in [0.15, 0.2) is 0 Å². The van der Waals surface area contributed by atoms with Crippen molar-refractivity contribution in [1.29, 1.82) is 0 Å². The predicted octanol–water partition coefficient (Wildman–Crippen LogP) is 2.92. The van der Waals surface area contributed by atoms with Crippen LogP contribution in [0.4, 0.5) is 0 Å². The third kappa shape index (κ3) is 3.42. The zero-order valence-electron chi connectivity index (χ0n) is 10.9. The second-order valence-corrected chi connectivity index (χ2v) is 5.82. The molecule has 1 heterocycles. The Morgan fingerprint density at radius 1 is 1.28 bits per heavy atom. The maximum atomic E-state index is 5.96. The molecule has 0 radical (unpaired) electrons. The second kappa shape index (κ2) is 5.65. The van der Waals surface area contributed by atoms with Crippen LogP contribution >= 0.6 is 12.2 Å². The first kappa shape index (κ1) is 13.3. The first-order valence-corrected chi connectivity index (χ1v) is 6.89. The minimum Gasteiger partial charge on any atom is -0.474 e. The van der Waals surface area contributed by atoms with Crippen molar-refractivity contribution in [2.45, 2.75) is 39.2 Å². The number of hydrogen-bond acceptors (Lipinski definition) is 3. The molecule has 0 saturated heterocycles. The van der Waals surface area contributed by atoms with Gasteiger partial charge < -0.3 is 10.5 Å². The average molecular weight is 264 g/mol. The molecule has 1 aliphatic carbocycles. The molecule has 0 aliphatic heterocycles. The highest BCUT2D eigenvalue weighted by Crippen LogP contribution is 2.30. The Labute approximate surface area is 114 Å². The number of pyridine rings is 1. The van der Waals surface area contributed by atoms with E-state index in [1.165, 1.54) is 6.42 Å². The third-order valence-electron chi connectivity index (χ3n) is 3.40. The summed E-state index contributed by atoms with van der Waals surface area (Å²) in [5, 5.41) is 0. The number of aromatic nitrogens is 1. The van der Waals surface area contributed by atoms with E-state index in [9.17, 15) is 0 Å². The molecule has 1 aliphatic rings.